The number of anilines is 1. The number of benzene rings is 1. The number of carbonyl (C=O) groups excluding carboxylic acids is 1. The zero-order chi connectivity index (χ0) is 15.9. The van der Waals surface area contributed by atoms with Crippen LogP contribution in [0.25, 0.3) is 0 Å². The molecule has 0 radical (unpaired) electrons. The average Bonchev–Trinajstić information content (AvgIpc) is 2.55. The van der Waals surface area contributed by atoms with Crippen molar-refractivity contribution in [1.29, 1.82) is 0 Å². The van der Waals surface area contributed by atoms with E-state index in [1.54, 1.807) is 30.3 Å². The summed E-state index contributed by atoms with van der Waals surface area (Å²) in [6.45, 7) is -0.00910. The van der Waals surface area contributed by atoms with Gasteiger partial charge in [0.1, 0.15) is 0 Å². The van der Waals surface area contributed by atoms with Gasteiger partial charge in [-0.15, -0.1) is 0 Å². The number of urea groups is 1. The predicted molar refractivity (Wildman–Crippen MR) is 86.9 cm³/mol. The van der Waals surface area contributed by atoms with Crippen LogP contribution in [0.4, 0.5) is 10.5 Å². The third kappa shape index (κ3) is 3.96. The number of halogens is 1. The Morgan fingerprint density at radius 1 is 1.32 bits per heavy atom. The van der Waals surface area contributed by atoms with Gasteiger partial charge in [0.25, 0.3) is 0 Å². The third-order valence-corrected chi connectivity index (χ3v) is 3.68. The van der Waals surface area contributed by atoms with Crippen molar-refractivity contribution in [3.8, 4) is 0 Å². The lowest BCUT2D eigenvalue weighted by Crippen LogP contribution is -2.35. The number of nitrogens with one attached hydrogen (secondary N) is 1. The summed E-state index contributed by atoms with van der Waals surface area (Å²) in [5, 5.41) is 12.2. The number of pyridine rings is 1. The molecule has 116 valence electrons. The molecule has 0 bridgehead atoms. The molecule has 2 N–H and O–H groups in total. The van der Waals surface area contributed by atoms with Crippen LogP contribution in [0, 0.1) is 0 Å². The molecule has 2 amide bonds. The lowest BCUT2D eigenvalue weighted by Gasteiger charge is -2.28. The topological polar surface area (TPSA) is 65.5 Å². The lowest BCUT2D eigenvalue weighted by molar-refractivity contribution is 0.184. The number of aromatic nitrogens is 1. The first-order valence-corrected chi connectivity index (χ1v) is 7.31. The van der Waals surface area contributed by atoms with Crippen molar-refractivity contribution in [1.82, 2.24) is 9.88 Å². The average molecular weight is 320 g/mol. The minimum atomic E-state index is -0.308. The highest BCUT2D eigenvalue weighted by Gasteiger charge is 2.21. The van der Waals surface area contributed by atoms with Crippen molar-refractivity contribution in [2.24, 2.45) is 0 Å². The molecule has 2 rings (SSSR count). The van der Waals surface area contributed by atoms with Crippen molar-refractivity contribution < 1.29 is 9.90 Å². The van der Waals surface area contributed by atoms with E-state index in [0.29, 0.717) is 12.1 Å². The SMILES string of the molecule is CN(C(=O)Nc1cccnc1Cl)[C@@H](CCO)c1ccccc1. The van der Waals surface area contributed by atoms with E-state index in [1.807, 2.05) is 30.3 Å². The maximum absolute atomic E-state index is 12.4. The summed E-state index contributed by atoms with van der Waals surface area (Å²) < 4.78 is 0. The number of carbonyl (C=O) groups is 1. The van der Waals surface area contributed by atoms with Crippen molar-refractivity contribution in [3.05, 3.63) is 59.4 Å². The smallest absolute Gasteiger partial charge is 0.322 e. The zero-order valence-electron chi connectivity index (χ0n) is 12.2. The van der Waals surface area contributed by atoms with E-state index >= 15 is 0 Å². The normalized spacial score (nSPS) is 11.8. The van der Waals surface area contributed by atoms with Crippen LogP contribution in [0.5, 0.6) is 0 Å². The van der Waals surface area contributed by atoms with Crippen molar-refractivity contribution in [2.45, 2.75) is 12.5 Å². The minimum absolute atomic E-state index is 0.00910. The van der Waals surface area contributed by atoms with Gasteiger partial charge < -0.3 is 15.3 Å². The summed E-state index contributed by atoms with van der Waals surface area (Å²) in [7, 11) is 1.69. The Morgan fingerprint density at radius 2 is 2.05 bits per heavy atom. The Morgan fingerprint density at radius 3 is 2.68 bits per heavy atom. The number of nitrogens with zero attached hydrogens (tertiary/aromatic N) is 2. The molecule has 0 spiro atoms. The maximum Gasteiger partial charge on any atom is 0.322 e. The second kappa shape index (κ2) is 7.77. The Balaban J connectivity index is 2.15. The van der Waals surface area contributed by atoms with Gasteiger partial charge in [0, 0.05) is 19.9 Å². The number of rotatable bonds is 5. The first-order chi connectivity index (χ1) is 10.6. The highest BCUT2D eigenvalue weighted by molar-refractivity contribution is 6.32. The Hall–Kier alpha value is -2.11. The number of aliphatic hydroxyl groups excluding tert-OH is 1. The Labute approximate surface area is 134 Å². The molecule has 1 atom stereocenters. The van der Waals surface area contributed by atoms with Gasteiger partial charge in [0.05, 0.1) is 11.7 Å². The molecule has 6 heteroatoms. The third-order valence-electron chi connectivity index (χ3n) is 3.38. The highest BCUT2D eigenvalue weighted by atomic mass is 35.5. The number of hydrogen-bond donors (Lipinski definition) is 2. The van der Waals surface area contributed by atoms with E-state index in [2.05, 4.69) is 10.3 Å². The van der Waals surface area contributed by atoms with Gasteiger partial charge in [-0.1, -0.05) is 41.9 Å². The van der Waals surface area contributed by atoms with Crippen molar-refractivity contribution in [3.63, 3.8) is 0 Å². The van der Waals surface area contributed by atoms with Crippen molar-refractivity contribution >= 4 is 23.3 Å². The van der Waals surface area contributed by atoms with Crippen LogP contribution in [0.2, 0.25) is 5.15 Å². The van der Waals surface area contributed by atoms with Crippen LogP contribution in [-0.4, -0.2) is 34.7 Å². The van der Waals surface area contributed by atoms with Crippen molar-refractivity contribution in [2.75, 3.05) is 19.0 Å². The molecule has 0 fully saturated rings. The fourth-order valence-electron chi connectivity index (χ4n) is 2.21. The second-order valence-corrected chi connectivity index (χ2v) is 5.18. The van der Waals surface area contributed by atoms with Gasteiger partial charge in [0.15, 0.2) is 5.15 Å². The molecule has 0 saturated heterocycles. The molecule has 1 aromatic heterocycles. The number of hydrogen-bond acceptors (Lipinski definition) is 3. The molecule has 1 aromatic carbocycles. The molecule has 1 heterocycles. The van der Waals surface area contributed by atoms with Crippen LogP contribution in [0.1, 0.15) is 18.0 Å². The molecule has 0 saturated carbocycles. The fraction of sp³-hybridized carbons (Fsp3) is 0.250. The molecular weight excluding hydrogens is 302 g/mol. The summed E-state index contributed by atoms with van der Waals surface area (Å²) in [4.78, 5) is 17.9. The predicted octanol–water partition coefficient (Wildman–Crippen LogP) is 3.32. The van der Waals surface area contributed by atoms with Gasteiger partial charge in [-0.2, -0.15) is 0 Å². The molecule has 2 aromatic rings. The van der Waals surface area contributed by atoms with Gasteiger partial charge in [-0.25, -0.2) is 9.78 Å². The fourth-order valence-corrected chi connectivity index (χ4v) is 2.37. The van der Waals surface area contributed by atoms with Crippen LogP contribution < -0.4 is 5.32 Å². The van der Waals surface area contributed by atoms with E-state index < -0.39 is 0 Å². The van der Waals surface area contributed by atoms with Gasteiger partial charge in [0.2, 0.25) is 0 Å². The summed E-state index contributed by atoms with van der Waals surface area (Å²) in [6, 6.07) is 12.4. The molecular formula is C16H18ClN3O2. The summed E-state index contributed by atoms with van der Waals surface area (Å²) in [5.41, 5.74) is 1.42. The Kier molecular flexibility index (Phi) is 5.75. The maximum atomic E-state index is 12.4. The summed E-state index contributed by atoms with van der Waals surface area (Å²) in [5.74, 6) is 0. The monoisotopic (exact) mass is 319 g/mol. The summed E-state index contributed by atoms with van der Waals surface area (Å²) in [6.07, 6.45) is 2.01. The molecule has 0 aliphatic rings. The summed E-state index contributed by atoms with van der Waals surface area (Å²) >= 11 is 5.95. The van der Waals surface area contributed by atoms with Crippen LogP contribution in [0.3, 0.4) is 0 Å². The zero-order valence-corrected chi connectivity index (χ0v) is 13.0. The van der Waals surface area contributed by atoms with Crippen LogP contribution in [-0.2, 0) is 0 Å². The van der Waals surface area contributed by atoms with E-state index in [9.17, 15) is 9.90 Å². The standard InChI is InChI=1S/C16H18ClN3O2/c1-20(14(9-11-21)12-6-3-2-4-7-12)16(22)19-13-8-5-10-18-15(13)17/h2-8,10,14,21H,9,11H2,1H3,(H,19,22)/t14-/m0/s1. The number of amides is 2. The van der Waals surface area contributed by atoms with Gasteiger partial charge in [-0.05, 0) is 24.1 Å². The number of aliphatic hydroxyl groups is 1. The molecule has 22 heavy (non-hydrogen) atoms. The molecule has 5 nitrogen and oxygen atoms in total. The quantitative estimate of drug-likeness (QED) is 0.831. The largest absolute Gasteiger partial charge is 0.396 e. The highest BCUT2D eigenvalue weighted by Crippen LogP contribution is 2.24. The van der Waals surface area contributed by atoms with Gasteiger partial charge >= 0.3 is 6.03 Å². The van der Waals surface area contributed by atoms with E-state index in [-0.39, 0.29) is 23.8 Å². The molecule has 0 aliphatic carbocycles. The van der Waals surface area contributed by atoms with Crippen LogP contribution in [0.15, 0.2) is 48.7 Å². The minimum Gasteiger partial charge on any atom is -0.396 e. The first-order valence-electron chi connectivity index (χ1n) is 6.93. The molecule has 0 aliphatic heterocycles. The van der Waals surface area contributed by atoms with Gasteiger partial charge in [-0.3, -0.25) is 0 Å². The van der Waals surface area contributed by atoms with Crippen LogP contribution >= 0.6 is 11.6 Å². The lowest BCUT2D eigenvalue weighted by atomic mass is 10.0. The first kappa shape index (κ1) is 16.3. The van der Waals surface area contributed by atoms with E-state index in [1.165, 1.54) is 0 Å². The van der Waals surface area contributed by atoms with E-state index in [0.717, 1.165) is 5.56 Å². The van der Waals surface area contributed by atoms with E-state index in [4.69, 9.17) is 11.6 Å². The second-order valence-electron chi connectivity index (χ2n) is 4.82. The Bertz CT molecular complexity index is 622. The molecule has 0 unspecified atom stereocenters.